The molecule has 0 atom stereocenters. The molecule has 5 heteroatoms. The molecule has 1 aromatic rings. The molecular formula is C20H29BO4. The number of carbonyl (C=O) groups excluding carboxylic acids is 1. The van der Waals surface area contributed by atoms with Gasteiger partial charge >= 0.3 is 13.1 Å². The van der Waals surface area contributed by atoms with E-state index in [-0.39, 0.29) is 11.4 Å². The molecule has 0 N–H and O–H groups in total. The normalized spacial score (nSPS) is 23.2. The van der Waals surface area contributed by atoms with Crippen LogP contribution in [0.25, 0.3) is 0 Å². The molecule has 0 radical (unpaired) electrons. The highest BCUT2D eigenvalue weighted by atomic mass is 16.7. The predicted molar refractivity (Wildman–Crippen MR) is 99.3 cm³/mol. The van der Waals surface area contributed by atoms with E-state index in [4.69, 9.17) is 14.0 Å². The Labute approximate surface area is 151 Å². The van der Waals surface area contributed by atoms with Crippen molar-refractivity contribution in [2.24, 2.45) is 5.41 Å². The summed E-state index contributed by atoms with van der Waals surface area (Å²) in [6.07, 6.45) is 2.96. The lowest BCUT2D eigenvalue weighted by atomic mass is 9.68. The first kappa shape index (κ1) is 18.5. The maximum absolute atomic E-state index is 12.7. The summed E-state index contributed by atoms with van der Waals surface area (Å²) in [6, 6.07) is 4.10. The largest absolute Gasteiger partial charge is 0.495 e. The van der Waals surface area contributed by atoms with Crippen molar-refractivity contribution in [1.29, 1.82) is 0 Å². The Morgan fingerprint density at radius 3 is 2.24 bits per heavy atom. The van der Waals surface area contributed by atoms with Gasteiger partial charge in [-0.2, -0.15) is 0 Å². The zero-order chi connectivity index (χ0) is 18.6. The zero-order valence-electron chi connectivity index (χ0n) is 16.5. The first-order valence-corrected chi connectivity index (χ1v) is 9.06. The van der Waals surface area contributed by atoms with E-state index in [0.717, 1.165) is 30.3 Å². The number of rotatable bonds is 2. The number of methoxy groups -OCH3 is 1. The number of ether oxygens (including phenoxy) is 1. The third-order valence-electron chi connectivity index (χ3n) is 6.07. The maximum Gasteiger partial charge on any atom is 0.495 e. The zero-order valence-corrected chi connectivity index (χ0v) is 16.5. The summed E-state index contributed by atoms with van der Waals surface area (Å²) < 4.78 is 17.5. The maximum atomic E-state index is 12.7. The van der Waals surface area contributed by atoms with Crippen LogP contribution < -0.4 is 5.46 Å². The topological polar surface area (TPSA) is 44.8 Å². The van der Waals surface area contributed by atoms with Gasteiger partial charge in [-0.05, 0) is 69.0 Å². The van der Waals surface area contributed by atoms with Crippen LogP contribution in [-0.4, -0.2) is 31.4 Å². The third-order valence-corrected chi connectivity index (χ3v) is 6.07. The molecule has 3 rings (SSSR count). The molecule has 1 aromatic carbocycles. The van der Waals surface area contributed by atoms with Crippen LogP contribution in [0.5, 0.6) is 0 Å². The van der Waals surface area contributed by atoms with Crippen LogP contribution in [0.1, 0.15) is 69.4 Å². The summed E-state index contributed by atoms with van der Waals surface area (Å²) in [5.74, 6) is -0.306. The Bertz CT molecular complexity index is 690. The SMILES string of the molecule is COC(=O)c1c(B2OC(C)(C)C(C)(C)O2)ccc2c1CC(C)(C)CC2. The molecule has 0 aromatic heterocycles. The first-order valence-electron chi connectivity index (χ1n) is 9.06. The Kier molecular flexibility index (Phi) is 4.32. The van der Waals surface area contributed by atoms with Crippen molar-refractivity contribution in [3.05, 3.63) is 28.8 Å². The molecule has 0 bridgehead atoms. The van der Waals surface area contributed by atoms with Crippen LogP contribution in [-0.2, 0) is 26.9 Å². The van der Waals surface area contributed by atoms with Gasteiger partial charge < -0.3 is 14.0 Å². The molecule has 1 heterocycles. The van der Waals surface area contributed by atoms with E-state index in [1.807, 2.05) is 33.8 Å². The molecule has 0 spiro atoms. The van der Waals surface area contributed by atoms with Crippen LogP contribution in [0.4, 0.5) is 0 Å². The van der Waals surface area contributed by atoms with E-state index in [9.17, 15) is 4.79 Å². The number of carbonyl (C=O) groups is 1. The van der Waals surface area contributed by atoms with E-state index < -0.39 is 18.3 Å². The number of aryl methyl sites for hydroxylation is 1. The van der Waals surface area contributed by atoms with Gasteiger partial charge in [-0.15, -0.1) is 0 Å². The highest BCUT2D eigenvalue weighted by Gasteiger charge is 2.53. The molecule has 25 heavy (non-hydrogen) atoms. The Balaban J connectivity index is 2.11. The van der Waals surface area contributed by atoms with Gasteiger partial charge in [0.1, 0.15) is 0 Å². The van der Waals surface area contributed by atoms with Crippen LogP contribution >= 0.6 is 0 Å². The molecule has 136 valence electrons. The Morgan fingerprint density at radius 2 is 1.68 bits per heavy atom. The average Bonchev–Trinajstić information content (AvgIpc) is 2.72. The van der Waals surface area contributed by atoms with Gasteiger partial charge in [0, 0.05) is 0 Å². The van der Waals surface area contributed by atoms with Gasteiger partial charge in [0.15, 0.2) is 0 Å². The summed E-state index contributed by atoms with van der Waals surface area (Å²) in [6.45, 7) is 12.6. The highest BCUT2D eigenvalue weighted by Crippen LogP contribution is 2.39. The molecule has 1 aliphatic carbocycles. The monoisotopic (exact) mass is 344 g/mol. The minimum atomic E-state index is -0.561. The van der Waals surface area contributed by atoms with Crippen molar-refractivity contribution < 1.29 is 18.8 Å². The van der Waals surface area contributed by atoms with Crippen molar-refractivity contribution in [2.45, 2.75) is 72.0 Å². The van der Waals surface area contributed by atoms with Crippen molar-refractivity contribution in [3.63, 3.8) is 0 Å². The molecule has 0 amide bonds. The van der Waals surface area contributed by atoms with E-state index in [0.29, 0.717) is 5.56 Å². The van der Waals surface area contributed by atoms with Crippen molar-refractivity contribution in [3.8, 4) is 0 Å². The third kappa shape index (κ3) is 3.13. The highest BCUT2D eigenvalue weighted by molar-refractivity contribution is 6.63. The Morgan fingerprint density at radius 1 is 1.08 bits per heavy atom. The Hall–Kier alpha value is -1.33. The summed E-state index contributed by atoms with van der Waals surface area (Å²) in [7, 11) is 0.874. The number of esters is 1. The van der Waals surface area contributed by atoms with Gasteiger partial charge in [0.25, 0.3) is 0 Å². The number of hydrogen-bond acceptors (Lipinski definition) is 4. The molecule has 0 unspecified atom stereocenters. The number of benzene rings is 1. The standard InChI is InChI=1S/C20H29BO4/c1-18(2)11-10-13-8-9-15(16(14(13)12-18)17(22)23-7)21-24-19(3,4)20(5,6)25-21/h8-9H,10-12H2,1-7H3. The van der Waals surface area contributed by atoms with Crippen molar-refractivity contribution >= 4 is 18.6 Å². The molecule has 1 saturated heterocycles. The van der Waals surface area contributed by atoms with E-state index >= 15 is 0 Å². The molecular weight excluding hydrogens is 315 g/mol. The van der Waals surface area contributed by atoms with Crippen molar-refractivity contribution in [2.75, 3.05) is 7.11 Å². The van der Waals surface area contributed by atoms with Crippen LogP contribution in [0.15, 0.2) is 12.1 Å². The van der Waals surface area contributed by atoms with E-state index in [1.165, 1.54) is 12.7 Å². The molecule has 1 fully saturated rings. The molecule has 2 aliphatic rings. The minimum Gasteiger partial charge on any atom is -0.465 e. The van der Waals surface area contributed by atoms with Gasteiger partial charge in [-0.25, -0.2) is 4.79 Å². The van der Waals surface area contributed by atoms with Crippen LogP contribution in [0.3, 0.4) is 0 Å². The number of hydrogen-bond donors (Lipinski definition) is 0. The van der Waals surface area contributed by atoms with Crippen LogP contribution in [0, 0.1) is 5.41 Å². The first-order chi connectivity index (χ1) is 11.5. The van der Waals surface area contributed by atoms with Gasteiger partial charge in [-0.1, -0.05) is 26.0 Å². The minimum absolute atomic E-state index is 0.171. The van der Waals surface area contributed by atoms with Crippen LogP contribution in [0.2, 0.25) is 0 Å². The lowest BCUT2D eigenvalue weighted by Crippen LogP contribution is -2.41. The quantitative estimate of drug-likeness (QED) is 0.610. The molecule has 1 aliphatic heterocycles. The predicted octanol–water partition coefficient (Wildman–Crippen LogP) is 3.29. The second kappa shape index (κ2) is 5.85. The second-order valence-corrected chi connectivity index (χ2v) is 9.09. The van der Waals surface area contributed by atoms with Crippen molar-refractivity contribution in [1.82, 2.24) is 0 Å². The van der Waals surface area contributed by atoms with Gasteiger partial charge in [0.2, 0.25) is 0 Å². The smallest absolute Gasteiger partial charge is 0.465 e. The second-order valence-electron chi connectivity index (χ2n) is 9.09. The fourth-order valence-corrected chi connectivity index (χ4v) is 3.69. The summed E-state index contributed by atoms with van der Waals surface area (Å²) in [5.41, 5.74) is 3.02. The molecule has 0 saturated carbocycles. The lowest BCUT2D eigenvalue weighted by molar-refractivity contribution is 0.00578. The fourth-order valence-electron chi connectivity index (χ4n) is 3.69. The van der Waals surface area contributed by atoms with Gasteiger partial charge in [0.05, 0.1) is 23.9 Å². The summed E-state index contributed by atoms with van der Waals surface area (Å²) in [5, 5.41) is 0. The van der Waals surface area contributed by atoms with E-state index in [2.05, 4.69) is 19.9 Å². The fraction of sp³-hybridized carbons (Fsp3) is 0.650. The summed E-state index contributed by atoms with van der Waals surface area (Å²) >= 11 is 0. The lowest BCUT2D eigenvalue weighted by Gasteiger charge is -2.33. The van der Waals surface area contributed by atoms with Gasteiger partial charge in [-0.3, -0.25) is 0 Å². The average molecular weight is 344 g/mol. The molecule has 4 nitrogen and oxygen atoms in total. The summed E-state index contributed by atoms with van der Waals surface area (Å²) in [4.78, 5) is 12.7. The number of fused-ring (bicyclic) bond motifs is 1. The van der Waals surface area contributed by atoms with E-state index in [1.54, 1.807) is 0 Å².